The predicted molar refractivity (Wildman–Crippen MR) is 141 cm³/mol. The summed E-state index contributed by atoms with van der Waals surface area (Å²) in [6.07, 6.45) is 5.56. The number of amidine groups is 1. The molecule has 1 aromatic rings. The van der Waals surface area contributed by atoms with Gasteiger partial charge in [0.15, 0.2) is 0 Å². The van der Waals surface area contributed by atoms with E-state index in [0.717, 1.165) is 36.8 Å². The van der Waals surface area contributed by atoms with Crippen LogP contribution in [0.2, 0.25) is 0 Å². The summed E-state index contributed by atoms with van der Waals surface area (Å²) < 4.78 is 17.7. The van der Waals surface area contributed by atoms with Crippen molar-refractivity contribution in [1.29, 1.82) is 5.41 Å². The highest BCUT2D eigenvalue weighted by atomic mass is 16.6. The highest BCUT2D eigenvalue weighted by Gasteiger charge is 2.58. The van der Waals surface area contributed by atoms with E-state index in [1.54, 1.807) is 0 Å². The number of nitrogens with two attached hydrogens (primary N) is 2. The molecule has 3 rings (SSSR count). The lowest BCUT2D eigenvalue weighted by Gasteiger charge is -2.32. The van der Waals surface area contributed by atoms with Gasteiger partial charge in [-0.05, 0) is 51.0 Å². The van der Waals surface area contributed by atoms with Crippen molar-refractivity contribution >= 4 is 11.7 Å². The molecule has 0 radical (unpaired) electrons. The lowest BCUT2D eigenvalue weighted by molar-refractivity contribution is -0.122. The number of aryl methyl sites for hydroxylation is 1. The van der Waals surface area contributed by atoms with Crippen LogP contribution < -0.4 is 16.8 Å². The number of benzene rings is 1. The maximum atomic E-state index is 12.7. The molecule has 1 saturated carbocycles. The molecule has 1 heterocycles. The van der Waals surface area contributed by atoms with Crippen LogP contribution in [0.4, 0.5) is 0 Å². The van der Waals surface area contributed by atoms with Gasteiger partial charge in [-0.1, -0.05) is 43.0 Å². The van der Waals surface area contributed by atoms with E-state index in [1.165, 1.54) is 6.26 Å². The van der Waals surface area contributed by atoms with E-state index in [1.807, 2.05) is 31.2 Å². The van der Waals surface area contributed by atoms with Crippen LogP contribution in [0, 0.1) is 5.41 Å². The van der Waals surface area contributed by atoms with Gasteiger partial charge in [0.05, 0.1) is 24.4 Å². The monoisotopic (exact) mass is 496 g/mol. The molecular formula is C28H40N4O4. The van der Waals surface area contributed by atoms with Crippen molar-refractivity contribution in [2.45, 2.75) is 81.8 Å². The summed E-state index contributed by atoms with van der Waals surface area (Å²) in [5, 5.41) is 10.5. The van der Waals surface area contributed by atoms with E-state index in [0.29, 0.717) is 37.2 Å². The number of nitrogens with one attached hydrogen (secondary N) is 2. The summed E-state index contributed by atoms with van der Waals surface area (Å²) in [5.41, 5.74) is 14.3. The summed E-state index contributed by atoms with van der Waals surface area (Å²) in [7, 11) is 0. The van der Waals surface area contributed by atoms with E-state index in [2.05, 4.69) is 25.1 Å². The molecule has 1 saturated heterocycles. The maximum absolute atomic E-state index is 12.7. The fourth-order valence-corrected chi connectivity index (χ4v) is 4.98. The topological polar surface area (TPSA) is 133 Å². The van der Waals surface area contributed by atoms with Gasteiger partial charge in [-0.15, -0.1) is 6.58 Å². The van der Waals surface area contributed by atoms with Gasteiger partial charge in [-0.25, -0.2) is 0 Å². The molecule has 2 unspecified atom stereocenters. The largest absolute Gasteiger partial charge is 0.496 e. The molecule has 0 bridgehead atoms. The van der Waals surface area contributed by atoms with Crippen LogP contribution in [0.25, 0.3) is 0 Å². The molecule has 8 heteroatoms. The van der Waals surface area contributed by atoms with Crippen LogP contribution in [-0.2, 0) is 25.4 Å². The first kappa shape index (κ1) is 27.5. The Hall–Kier alpha value is -3.10. The van der Waals surface area contributed by atoms with E-state index in [-0.39, 0.29) is 30.1 Å². The Morgan fingerprint density at radius 1 is 1.33 bits per heavy atom. The number of hydrogen-bond donors (Lipinski definition) is 4. The molecule has 6 N–H and O–H groups in total. The molecule has 1 amide bonds. The van der Waals surface area contributed by atoms with Crippen molar-refractivity contribution in [3.05, 3.63) is 72.7 Å². The van der Waals surface area contributed by atoms with Crippen molar-refractivity contribution in [1.82, 2.24) is 5.32 Å². The van der Waals surface area contributed by atoms with E-state index < -0.39 is 11.6 Å². The quantitative estimate of drug-likeness (QED) is 0.103. The summed E-state index contributed by atoms with van der Waals surface area (Å²) >= 11 is 0. The van der Waals surface area contributed by atoms with Crippen LogP contribution in [0.1, 0.15) is 56.6 Å². The Morgan fingerprint density at radius 2 is 2.06 bits per heavy atom. The number of rotatable bonds is 14. The fourth-order valence-electron chi connectivity index (χ4n) is 4.98. The van der Waals surface area contributed by atoms with Crippen molar-refractivity contribution < 1.29 is 19.0 Å². The van der Waals surface area contributed by atoms with Crippen LogP contribution in [0.3, 0.4) is 0 Å². The normalized spacial score (nSPS) is 25.4. The minimum absolute atomic E-state index is 0.0544. The van der Waals surface area contributed by atoms with Crippen molar-refractivity contribution in [2.75, 3.05) is 6.61 Å². The number of hydrogen-bond acceptors (Lipinski definition) is 6. The smallest absolute Gasteiger partial charge is 0.220 e. The van der Waals surface area contributed by atoms with Crippen molar-refractivity contribution in [2.24, 2.45) is 11.5 Å². The molecule has 36 heavy (non-hydrogen) atoms. The fraction of sp³-hybridized carbons (Fsp3) is 0.500. The van der Waals surface area contributed by atoms with Gasteiger partial charge in [0.1, 0.15) is 29.9 Å². The SMILES string of the molecule is C=COC1CC[C@]2(N)[C@@H](OC(=C)C(CC(=C)C)NC(=O)CCCCc3ccc(C(=N)N)cc3)CO[C@H]12. The summed E-state index contributed by atoms with van der Waals surface area (Å²) in [6.45, 7) is 14.0. The highest BCUT2D eigenvalue weighted by molar-refractivity contribution is 5.94. The number of nitrogen functional groups attached to an aromatic ring is 1. The molecule has 0 aromatic heterocycles. The van der Waals surface area contributed by atoms with E-state index in [4.69, 9.17) is 31.1 Å². The van der Waals surface area contributed by atoms with Gasteiger partial charge >= 0.3 is 0 Å². The van der Waals surface area contributed by atoms with Crippen molar-refractivity contribution in [3.63, 3.8) is 0 Å². The third-order valence-corrected chi connectivity index (χ3v) is 6.98. The number of carbonyl (C=O) groups is 1. The average molecular weight is 497 g/mol. The standard InChI is InChI=1S/C28H40N4O4/c1-5-34-23-14-15-28(31)24(17-35-26(23)28)36-19(4)22(16-18(2)3)32-25(33)9-7-6-8-20-10-12-21(13-11-20)27(29)30/h5,10-13,22-24,26H,1-2,4,6-9,14-17,31H2,3H3,(H3,29,30)(H,32,33)/t22?,23?,24-,26+,28-/m0/s1. The number of carbonyl (C=O) groups excluding carboxylic acids is 1. The molecule has 1 aromatic carbocycles. The highest BCUT2D eigenvalue weighted by Crippen LogP contribution is 2.42. The second-order valence-electron chi connectivity index (χ2n) is 9.92. The number of amides is 1. The number of unbranched alkanes of at least 4 members (excludes halogenated alkanes) is 1. The molecular weight excluding hydrogens is 456 g/mol. The summed E-state index contributed by atoms with van der Waals surface area (Å²) in [6, 6.07) is 7.24. The zero-order valence-electron chi connectivity index (χ0n) is 21.3. The molecule has 2 aliphatic rings. The van der Waals surface area contributed by atoms with Gasteiger partial charge in [0, 0.05) is 12.0 Å². The third-order valence-electron chi connectivity index (χ3n) is 6.98. The molecule has 0 spiro atoms. The molecule has 8 nitrogen and oxygen atoms in total. The predicted octanol–water partition coefficient (Wildman–Crippen LogP) is 3.45. The summed E-state index contributed by atoms with van der Waals surface area (Å²) in [4.78, 5) is 12.7. The van der Waals surface area contributed by atoms with Gasteiger partial charge in [-0.2, -0.15) is 0 Å². The third kappa shape index (κ3) is 6.77. The number of ether oxygens (including phenoxy) is 3. The Bertz CT molecular complexity index is 976. The van der Waals surface area contributed by atoms with Gasteiger partial charge in [0.2, 0.25) is 5.91 Å². The van der Waals surface area contributed by atoms with Crippen LogP contribution in [0.15, 0.2) is 61.6 Å². The zero-order chi connectivity index (χ0) is 26.3. The Balaban J connectivity index is 1.48. The Kier molecular flexibility index (Phi) is 9.34. The zero-order valence-corrected chi connectivity index (χ0v) is 21.3. The lowest BCUT2D eigenvalue weighted by atomic mass is 9.92. The minimum atomic E-state index is -0.670. The Morgan fingerprint density at radius 3 is 2.69 bits per heavy atom. The lowest BCUT2D eigenvalue weighted by Crippen LogP contribution is -2.55. The van der Waals surface area contributed by atoms with Gasteiger partial charge < -0.3 is 31.0 Å². The minimum Gasteiger partial charge on any atom is -0.496 e. The van der Waals surface area contributed by atoms with Gasteiger partial charge in [0.25, 0.3) is 0 Å². The maximum Gasteiger partial charge on any atom is 0.220 e. The molecule has 5 atom stereocenters. The second-order valence-corrected chi connectivity index (χ2v) is 9.92. The first-order valence-electron chi connectivity index (χ1n) is 12.5. The first-order valence-corrected chi connectivity index (χ1v) is 12.5. The Labute approximate surface area is 214 Å². The van der Waals surface area contributed by atoms with Gasteiger partial charge in [-0.3, -0.25) is 10.2 Å². The number of fused-ring (bicyclic) bond motifs is 1. The first-order chi connectivity index (χ1) is 17.1. The average Bonchev–Trinajstić information content (AvgIpc) is 3.31. The summed E-state index contributed by atoms with van der Waals surface area (Å²) in [5.74, 6) is 0.467. The van der Waals surface area contributed by atoms with Crippen LogP contribution >= 0.6 is 0 Å². The van der Waals surface area contributed by atoms with Crippen molar-refractivity contribution in [3.8, 4) is 0 Å². The molecule has 2 fully saturated rings. The molecule has 196 valence electrons. The van der Waals surface area contributed by atoms with Crippen LogP contribution in [0.5, 0.6) is 0 Å². The van der Waals surface area contributed by atoms with E-state index in [9.17, 15) is 4.79 Å². The molecule has 1 aliphatic carbocycles. The molecule has 1 aliphatic heterocycles. The van der Waals surface area contributed by atoms with E-state index >= 15 is 0 Å². The van der Waals surface area contributed by atoms with Crippen LogP contribution in [-0.4, -0.2) is 48.2 Å². The second kappa shape index (κ2) is 12.2.